The van der Waals surface area contributed by atoms with E-state index in [9.17, 15) is 13.9 Å². The molecule has 0 aliphatic carbocycles. The molecule has 0 radical (unpaired) electrons. The van der Waals surface area contributed by atoms with E-state index < -0.39 is 6.61 Å². The molecule has 22 heavy (non-hydrogen) atoms. The zero-order valence-corrected chi connectivity index (χ0v) is 13.1. The molecule has 1 aliphatic rings. The van der Waals surface area contributed by atoms with Gasteiger partial charge in [0.2, 0.25) is 0 Å². The smallest absolute Gasteiger partial charge is 0.387 e. The fourth-order valence-electron chi connectivity index (χ4n) is 3.04. The van der Waals surface area contributed by atoms with Crippen LogP contribution in [-0.2, 0) is 0 Å². The van der Waals surface area contributed by atoms with Crippen molar-refractivity contribution in [2.24, 2.45) is 5.41 Å². The van der Waals surface area contributed by atoms with Gasteiger partial charge >= 0.3 is 6.61 Å². The average molecular weight is 314 g/mol. The Balaban J connectivity index is 2.31. The first-order valence-electron chi connectivity index (χ1n) is 7.54. The van der Waals surface area contributed by atoms with Crippen LogP contribution in [0, 0.1) is 5.41 Å². The Labute approximate surface area is 130 Å². The first-order chi connectivity index (χ1) is 10.4. The fourth-order valence-corrected chi connectivity index (χ4v) is 3.04. The van der Waals surface area contributed by atoms with Gasteiger partial charge in [0.15, 0.2) is 0 Å². The zero-order chi connectivity index (χ0) is 16.2. The van der Waals surface area contributed by atoms with Gasteiger partial charge in [-0.25, -0.2) is 0 Å². The Morgan fingerprint density at radius 1 is 1.32 bits per heavy atom. The van der Waals surface area contributed by atoms with Crippen molar-refractivity contribution >= 4 is 0 Å². The number of nitrogens with one attached hydrogen (secondary N) is 1. The van der Waals surface area contributed by atoms with Crippen LogP contribution in [0.1, 0.15) is 25.5 Å². The van der Waals surface area contributed by atoms with Gasteiger partial charge in [0.1, 0.15) is 5.75 Å². The minimum Gasteiger partial charge on any atom is -0.435 e. The third kappa shape index (κ3) is 4.15. The molecular formula is C16H24F2N2O2. The molecule has 1 fully saturated rings. The van der Waals surface area contributed by atoms with E-state index >= 15 is 0 Å². The van der Waals surface area contributed by atoms with Crippen LogP contribution in [0.15, 0.2) is 24.3 Å². The summed E-state index contributed by atoms with van der Waals surface area (Å²) in [5, 5.41) is 13.1. The summed E-state index contributed by atoms with van der Waals surface area (Å²) in [4.78, 5) is 2.29. The molecular weight excluding hydrogens is 290 g/mol. The number of aliphatic hydroxyl groups excluding tert-OH is 1. The maximum absolute atomic E-state index is 12.4. The molecule has 0 spiro atoms. The number of alkyl halides is 2. The van der Waals surface area contributed by atoms with Crippen LogP contribution >= 0.6 is 0 Å². The summed E-state index contributed by atoms with van der Waals surface area (Å²) < 4.78 is 29.4. The molecule has 1 saturated heterocycles. The number of benzene rings is 1. The predicted molar refractivity (Wildman–Crippen MR) is 81.1 cm³/mol. The number of hydrogen-bond donors (Lipinski definition) is 2. The lowest BCUT2D eigenvalue weighted by atomic mass is 9.79. The summed E-state index contributed by atoms with van der Waals surface area (Å²) in [6.45, 7) is 4.62. The lowest BCUT2D eigenvalue weighted by Crippen LogP contribution is -2.49. The molecule has 1 aromatic carbocycles. The number of piperazine rings is 1. The van der Waals surface area contributed by atoms with Gasteiger partial charge in [-0.15, -0.1) is 0 Å². The van der Waals surface area contributed by atoms with E-state index in [-0.39, 0.29) is 23.8 Å². The fraction of sp³-hybridized carbons (Fsp3) is 0.625. The van der Waals surface area contributed by atoms with Gasteiger partial charge in [0.25, 0.3) is 0 Å². The number of halogens is 2. The van der Waals surface area contributed by atoms with Crippen molar-refractivity contribution in [2.45, 2.75) is 26.5 Å². The van der Waals surface area contributed by atoms with Gasteiger partial charge in [-0.2, -0.15) is 8.78 Å². The quantitative estimate of drug-likeness (QED) is 0.845. The highest BCUT2D eigenvalue weighted by Crippen LogP contribution is 2.39. The number of nitrogens with zero attached hydrogens (tertiary/aromatic N) is 1. The highest BCUT2D eigenvalue weighted by molar-refractivity contribution is 5.32. The third-order valence-electron chi connectivity index (χ3n) is 4.06. The van der Waals surface area contributed by atoms with Gasteiger partial charge in [0, 0.05) is 44.2 Å². The van der Waals surface area contributed by atoms with Crippen LogP contribution in [0.25, 0.3) is 0 Å². The third-order valence-corrected chi connectivity index (χ3v) is 4.06. The number of rotatable bonds is 6. The largest absolute Gasteiger partial charge is 0.435 e. The van der Waals surface area contributed by atoms with Gasteiger partial charge in [-0.05, 0) is 17.7 Å². The lowest BCUT2D eigenvalue weighted by Gasteiger charge is -2.43. The molecule has 1 heterocycles. The molecule has 0 amide bonds. The molecule has 124 valence electrons. The summed E-state index contributed by atoms with van der Waals surface area (Å²) in [5.41, 5.74) is 0.500. The minimum absolute atomic E-state index is 0.0154. The predicted octanol–water partition coefficient (Wildman–Crippen LogP) is 2.25. The zero-order valence-electron chi connectivity index (χ0n) is 13.1. The molecule has 1 aliphatic heterocycles. The van der Waals surface area contributed by atoms with Crippen LogP contribution in [0.5, 0.6) is 5.75 Å². The average Bonchev–Trinajstić information content (AvgIpc) is 2.48. The summed E-state index contributed by atoms with van der Waals surface area (Å²) in [6.07, 6.45) is 0. The topological polar surface area (TPSA) is 44.7 Å². The van der Waals surface area contributed by atoms with Crippen LogP contribution < -0.4 is 10.1 Å². The van der Waals surface area contributed by atoms with Crippen LogP contribution in [-0.4, -0.2) is 49.4 Å². The Hall–Kier alpha value is -1.24. The highest BCUT2D eigenvalue weighted by Gasteiger charge is 2.35. The molecule has 1 aromatic rings. The van der Waals surface area contributed by atoms with Gasteiger partial charge < -0.3 is 15.2 Å². The highest BCUT2D eigenvalue weighted by atomic mass is 19.3. The van der Waals surface area contributed by atoms with E-state index in [1.54, 1.807) is 12.1 Å². The van der Waals surface area contributed by atoms with Crippen molar-refractivity contribution in [1.29, 1.82) is 0 Å². The van der Waals surface area contributed by atoms with E-state index in [2.05, 4.69) is 15.0 Å². The maximum atomic E-state index is 12.4. The van der Waals surface area contributed by atoms with Gasteiger partial charge in [0.05, 0.1) is 0 Å². The second-order valence-electron chi connectivity index (χ2n) is 6.29. The second-order valence-corrected chi connectivity index (χ2v) is 6.29. The molecule has 2 rings (SSSR count). The van der Waals surface area contributed by atoms with Crippen LogP contribution in [0.3, 0.4) is 0 Å². The molecule has 6 heteroatoms. The van der Waals surface area contributed by atoms with Crippen molar-refractivity contribution in [3.63, 3.8) is 0 Å². The molecule has 0 aromatic heterocycles. The van der Waals surface area contributed by atoms with E-state index in [1.165, 1.54) is 6.07 Å². The first kappa shape index (κ1) is 17.1. The summed E-state index contributed by atoms with van der Waals surface area (Å²) >= 11 is 0. The SMILES string of the molecule is CC(C)(CO)[C@H](c1cccc(OC(F)F)c1)N1CCNCC1. The normalized spacial score (nSPS) is 18.5. The molecule has 0 saturated carbocycles. The number of hydrogen-bond acceptors (Lipinski definition) is 4. The lowest BCUT2D eigenvalue weighted by molar-refractivity contribution is -0.0500. The van der Waals surface area contributed by atoms with Crippen molar-refractivity contribution in [1.82, 2.24) is 10.2 Å². The number of ether oxygens (including phenoxy) is 1. The summed E-state index contributed by atoms with van der Waals surface area (Å²) in [6, 6.07) is 6.74. The van der Waals surface area contributed by atoms with E-state index in [4.69, 9.17) is 0 Å². The van der Waals surface area contributed by atoms with Gasteiger partial charge in [-0.3, -0.25) is 4.90 Å². The molecule has 1 atom stereocenters. The minimum atomic E-state index is -2.83. The number of aliphatic hydroxyl groups is 1. The summed E-state index contributed by atoms with van der Waals surface area (Å²) in [5.74, 6) is 0.154. The van der Waals surface area contributed by atoms with E-state index in [1.807, 2.05) is 19.9 Å². The monoisotopic (exact) mass is 314 g/mol. The Morgan fingerprint density at radius 2 is 2.00 bits per heavy atom. The second kappa shape index (κ2) is 7.35. The maximum Gasteiger partial charge on any atom is 0.387 e. The van der Waals surface area contributed by atoms with Crippen molar-refractivity contribution in [3.8, 4) is 5.75 Å². The standard InChI is InChI=1S/C16H24F2N2O2/c1-16(2,11-21)14(20-8-6-19-7-9-20)12-4-3-5-13(10-12)22-15(17)18/h3-5,10,14-15,19,21H,6-9,11H2,1-2H3/t14-/m0/s1. The van der Waals surface area contributed by atoms with Crippen molar-refractivity contribution in [2.75, 3.05) is 32.8 Å². The van der Waals surface area contributed by atoms with Crippen LogP contribution in [0.2, 0.25) is 0 Å². The first-order valence-corrected chi connectivity index (χ1v) is 7.54. The Morgan fingerprint density at radius 3 is 2.59 bits per heavy atom. The van der Waals surface area contributed by atoms with Crippen molar-refractivity contribution < 1.29 is 18.6 Å². The van der Waals surface area contributed by atoms with E-state index in [0.29, 0.717) is 0 Å². The van der Waals surface area contributed by atoms with Crippen molar-refractivity contribution in [3.05, 3.63) is 29.8 Å². The molecule has 2 N–H and O–H groups in total. The Kier molecular flexibility index (Phi) is 5.72. The van der Waals surface area contributed by atoms with Gasteiger partial charge in [-0.1, -0.05) is 26.0 Å². The van der Waals surface area contributed by atoms with E-state index in [0.717, 1.165) is 31.7 Å². The van der Waals surface area contributed by atoms with Crippen LogP contribution in [0.4, 0.5) is 8.78 Å². The Bertz CT molecular complexity index is 477. The molecule has 4 nitrogen and oxygen atoms in total. The molecule has 0 unspecified atom stereocenters. The summed E-state index contributed by atoms with van der Waals surface area (Å²) in [7, 11) is 0. The molecule has 0 bridgehead atoms.